The molecule has 4 aromatic rings. The van der Waals surface area contributed by atoms with E-state index in [1.54, 1.807) is 6.33 Å². The third-order valence-electron chi connectivity index (χ3n) is 4.20. The van der Waals surface area contributed by atoms with Gasteiger partial charge >= 0.3 is 0 Å². The molecule has 0 atom stereocenters. The predicted molar refractivity (Wildman–Crippen MR) is 96.4 cm³/mol. The van der Waals surface area contributed by atoms with Gasteiger partial charge in [0, 0.05) is 12.1 Å². The SMILES string of the molecule is N#Cc1nc2ccc3ncnc(Nc4ccc5c(c4)CCO5)c3c2s1. The van der Waals surface area contributed by atoms with Crippen LogP contribution in [0.1, 0.15) is 10.6 Å². The molecule has 0 unspecified atom stereocenters. The number of aromatic nitrogens is 3. The molecule has 2 aromatic carbocycles. The minimum absolute atomic E-state index is 0.437. The van der Waals surface area contributed by atoms with Crippen molar-refractivity contribution in [1.82, 2.24) is 15.0 Å². The van der Waals surface area contributed by atoms with Crippen LogP contribution in [0.4, 0.5) is 11.5 Å². The van der Waals surface area contributed by atoms with Crippen molar-refractivity contribution in [3.63, 3.8) is 0 Å². The average Bonchev–Trinajstić information content (AvgIpc) is 3.27. The van der Waals surface area contributed by atoms with Crippen LogP contribution in [-0.4, -0.2) is 21.6 Å². The Morgan fingerprint density at radius 1 is 1.16 bits per heavy atom. The Kier molecular flexibility index (Phi) is 3.05. The van der Waals surface area contributed by atoms with Crippen molar-refractivity contribution in [3.05, 3.63) is 47.2 Å². The van der Waals surface area contributed by atoms with Crippen LogP contribution in [0.3, 0.4) is 0 Å². The highest BCUT2D eigenvalue weighted by atomic mass is 32.1. The molecule has 2 aromatic heterocycles. The third-order valence-corrected chi connectivity index (χ3v) is 5.20. The van der Waals surface area contributed by atoms with E-state index in [-0.39, 0.29) is 0 Å². The number of anilines is 2. The van der Waals surface area contributed by atoms with Gasteiger partial charge < -0.3 is 10.1 Å². The zero-order chi connectivity index (χ0) is 16.8. The molecule has 5 rings (SSSR count). The minimum atomic E-state index is 0.437. The van der Waals surface area contributed by atoms with Crippen LogP contribution < -0.4 is 10.1 Å². The van der Waals surface area contributed by atoms with Gasteiger partial charge in [-0.25, -0.2) is 15.0 Å². The number of hydrogen-bond acceptors (Lipinski definition) is 7. The van der Waals surface area contributed by atoms with Crippen LogP contribution in [0.25, 0.3) is 21.1 Å². The van der Waals surface area contributed by atoms with E-state index in [0.29, 0.717) is 10.8 Å². The maximum Gasteiger partial charge on any atom is 0.195 e. The quantitative estimate of drug-likeness (QED) is 0.595. The fraction of sp³-hybridized carbons (Fsp3) is 0.111. The molecule has 3 heterocycles. The van der Waals surface area contributed by atoms with E-state index in [9.17, 15) is 0 Å². The lowest BCUT2D eigenvalue weighted by Gasteiger charge is -2.10. The number of hydrogen-bond donors (Lipinski definition) is 1. The Morgan fingerprint density at radius 3 is 3.00 bits per heavy atom. The average molecular weight is 345 g/mol. The molecule has 1 aliphatic rings. The molecule has 1 aliphatic heterocycles. The van der Waals surface area contributed by atoms with Gasteiger partial charge in [-0.1, -0.05) is 0 Å². The first-order chi connectivity index (χ1) is 12.3. The molecule has 1 N–H and O–H groups in total. The minimum Gasteiger partial charge on any atom is -0.493 e. The summed E-state index contributed by atoms with van der Waals surface area (Å²) >= 11 is 1.36. The normalized spacial score (nSPS) is 12.8. The van der Waals surface area contributed by atoms with E-state index in [1.165, 1.54) is 16.9 Å². The largest absolute Gasteiger partial charge is 0.493 e. The van der Waals surface area contributed by atoms with Gasteiger partial charge in [0.2, 0.25) is 0 Å². The van der Waals surface area contributed by atoms with E-state index in [0.717, 1.165) is 45.6 Å². The highest BCUT2D eigenvalue weighted by Gasteiger charge is 2.15. The molecular formula is C18H11N5OS. The Bertz CT molecular complexity index is 1180. The summed E-state index contributed by atoms with van der Waals surface area (Å²) in [7, 11) is 0. The lowest BCUT2D eigenvalue weighted by Crippen LogP contribution is -1.96. The van der Waals surface area contributed by atoms with Gasteiger partial charge in [0.05, 0.1) is 27.7 Å². The molecule has 0 radical (unpaired) electrons. The number of thiazole rings is 1. The van der Waals surface area contributed by atoms with E-state index < -0.39 is 0 Å². The second-order valence-electron chi connectivity index (χ2n) is 5.71. The molecule has 7 heteroatoms. The van der Waals surface area contributed by atoms with E-state index >= 15 is 0 Å². The first-order valence-corrected chi connectivity index (χ1v) is 8.60. The number of nitrogens with one attached hydrogen (secondary N) is 1. The van der Waals surface area contributed by atoms with Crippen LogP contribution in [0, 0.1) is 11.3 Å². The number of rotatable bonds is 2. The van der Waals surface area contributed by atoms with Crippen molar-refractivity contribution in [1.29, 1.82) is 5.26 Å². The van der Waals surface area contributed by atoms with Gasteiger partial charge in [-0.05, 0) is 35.9 Å². The summed E-state index contributed by atoms with van der Waals surface area (Å²) in [6, 6.07) is 11.9. The van der Waals surface area contributed by atoms with Crippen molar-refractivity contribution in [2.75, 3.05) is 11.9 Å². The van der Waals surface area contributed by atoms with E-state index in [2.05, 4.69) is 32.4 Å². The molecule has 0 spiro atoms. The van der Waals surface area contributed by atoms with Crippen molar-refractivity contribution >= 4 is 44.0 Å². The summed E-state index contributed by atoms with van der Waals surface area (Å²) < 4.78 is 6.47. The first kappa shape index (κ1) is 14.1. The Hall–Kier alpha value is -3.24. The Balaban J connectivity index is 1.68. The lowest BCUT2D eigenvalue weighted by atomic mass is 10.1. The zero-order valence-corrected chi connectivity index (χ0v) is 13.8. The van der Waals surface area contributed by atoms with Gasteiger partial charge in [-0.2, -0.15) is 5.26 Å². The molecule has 0 bridgehead atoms. The van der Waals surface area contributed by atoms with Gasteiger partial charge in [0.1, 0.15) is 24.0 Å². The summed E-state index contributed by atoms with van der Waals surface area (Å²) in [6.07, 6.45) is 2.46. The second-order valence-corrected chi connectivity index (χ2v) is 6.71. The van der Waals surface area contributed by atoms with Crippen LogP contribution in [0.5, 0.6) is 5.75 Å². The highest BCUT2D eigenvalue weighted by Crippen LogP contribution is 2.35. The fourth-order valence-electron chi connectivity index (χ4n) is 3.07. The number of ether oxygens (including phenoxy) is 1. The number of nitriles is 1. The molecular weight excluding hydrogens is 334 g/mol. The molecule has 6 nitrogen and oxygen atoms in total. The van der Waals surface area contributed by atoms with Gasteiger partial charge in [0.15, 0.2) is 5.01 Å². The monoisotopic (exact) mass is 345 g/mol. The zero-order valence-electron chi connectivity index (χ0n) is 13.0. The maximum atomic E-state index is 9.14. The lowest BCUT2D eigenvalue weighted by molar-refractivity contribution is 0.357. The van der Waals surface area contributed by atoms with Crippen molar-refractivity contribution in [3.8, 4) is 11.8 Å². The smallest absolute Gasteiger partial charge is 0.195 e. The van der Waals surface area contributed by atoms with Crippen LogP contribution in [0.2, 0.25) is 0 Å². The van der Waals surface area contributed by atoms with E-state index in [1.807, 2.05) is 24.3 Å². The Morgan fingerprint density at radius 2 is 2.08 bits per heavy atom. The molecule has 0 fully saturated rings. The summed E-state index contributed by atoms with van der Waals surface area (Å²) in [5.41, 5.74) is 3.75. The first-order valence-electron chi connectivity index (χ1n) is 7.79. The van der Waals surface area contributed by atoms with Crippen molar-refractivity contribution < 1.29 is 4.74 Å². The van der Waals surface area contributed by atoms with Crippen molar-refractivity contribution in [2.45, 2.75) is 6.42 Å². The summed E-state index contributed by atoms with van der Waals surface area (Å²) in [6.45, 7) is 0.730. The molecule has 25 heavy (non-hydrogen) atoms. The topological polar surface area (TPSA) is 83.7 Å². The van der Waals surface area contributed by atoms with E-state index in [4.69, 9.17) is 10.00 Å². The van der Waals surface area contributed by atoms with Gasteiger partial charge in [0.25, 0.3) is 0 Å². The molecule has 0 saturated heterocycles. The van der Waals surface area contributed by atoms with Crippen LogP contribution in [0.15, 0.2) is 36.7 Å². The molecule has 0 aliphatic carbocycles. The molecule has 0 amide bonds. The Labute approximate surface area is 146 Å². The van der Waals surface area contributed by atoms with Gasteiger partial charge in [-0.3, -0.25) is 0 Å². The molecule has 120 valence electrons. The highest BCUT2D eigenvalue weighted by molar-refractivity contribution is 7.20. The summed E-state index contributed by atoms with van der Waals surface area (Å²) in [4.78, 5) is 13.1. The van der Waals surface area contributed by atoms with Crippen LogP contribution >= 0.6 is 11.3 Å². The second kappa shape index (κ2) is 5.40. The number of benzene rings is 2. The standard InChI is InChI=1S/C18H11N5OS/c19-8-15-23-13-3-2-12-16(17(13)25-15)18(21-9-20-12)22-11-1-4-14-10(7-11)5-6-24-14/h1-4,7,9H,5-6H2,(H,20,21,22). The van der Waals surface area contributed by atoms with Crippen LogP contribution in [-0.2, 0) is 6.42 Å². The number of fused-ring (bicyclic) bond motifs is 4. The summed E-state index contributed by atoms with van der Waals surface area (Å²) in [5, 5.41) is 13.9. The summed E-state index contributed by atoms with van der Waals surface area (Å²) in [5.74, 6) is 1.66. The predicted octanol–water partition coefficient (Wildman–Crippen LogP) is 3.79. The van der Waals surface area contributed by atoms with Gasteiger partial charge in [-0.15, -0.1) is 11.3 Å². The fourth-order valence-corrected chi connectivity index (χ4v) is 3.98. The van der Waals surface area contributed by atoms with Crippen molar-refractivity contribution in [2.24, 2.45) is 0 Å². The number of nitrogens with zero attached hydrogens (tertiary/aromatic N) is 4. The third kappa shape index (κ3) is 2.27. The maximum absolute atomic E-state index is 9.14. The molecule has 0 saturated carbocycles.